The van der Waals surface area contributed by atoms with Gasteiger partial charge in [-0.05, 0) is 43.3 Å². The zero-order valence-electron chi connectivity index (χ0n) is 16.3. The number of hydrogen-bond acceptors (Lipinski definition) is 4. The van der Waals surface area contributed by atoms with E-state index in [1.54, 1.807) is 12.1 Å². The number of rotatable bonds is 6. The van der Waals surface area contributed by atoms with Crippen LogP contribution in [0.3, 0.4) is 0 Å². The Kier molecular flexibility index (Phi) is 5.57. The van der Waals surface area contributed by atoms with Crippen molar-refractivity contribution in [2.75, 3.05) is 11.9 Å². The molecule has 0 aliphatic carbocycles. The van der Waals surface area contributed by atoms with Crippen molar-refractivity contribution in [2.24, 2.45) is 0 Å². The van der Waals surface area contributed by atoms with Crippen LogP contribution in [0.25, 0.3) is 22.4 Å². The van der Waals surface area contributed by atoms with E-state index < -0.39 is 5.91 Å². The van der Waals surface area contributed by atoms with Crippen LogP contribution in [0.5, 0.6) is 5.75 Å². The van der Waals surface area contributed by atoms with Gasteiger partial charge in [0, 0.05) is 28.4 Å². The number of para-hydroxylation sites is 2. The SMILES string of the molecule is CCOc1ccccc1-c1ccccc1NC(=O)c1cc(-c2ccc(F)cc2)no1. The van der Waals surface area contributed by atoms with Gasteiger partial charge < -0.3 is 14.6 Å². The number of ether oxygens (including phenoxy) is 1. The molecule has 0 saturated carbocycles. The van der Waals surface area contributed by atoms with E-state index >= 15 is 0 Å². The first-order valence-electron chi connectivity index (χ1n) is 9.51. The van der Waals surface area contributed by atoms with Crippen LogP contribution in [0.1, 0.15) is 17.5 Å². The molecular weight excluding hydrogens is 383 g/mol. The van der Waals surface area contributed by atoms with Crippen LogP contribution < -0.4 is 10.1 Å². The molecule has 5 nitrogen and oxygen atoms in total. The van der Waals surface area contributed by atoms with E-state index in [4.69, 9.17) is 9.26 Å². The molecule has 1 aromatic heterocycles. The summed E-state index contributed by atoms with van der Waals surface area (Å²) in [7, 11) is 0. The Morgan fingerprint density at radius 3 is 2.47 bits per heavy atom. The Hall–Kier alpha value is -3.93. The van der Waals surface area contributed by atoms with Crippen molar-refractivity contribution in [3.8, 4) is 28.1 Å². The largest absolute Gasteiger partial charge is 0.493 e. The summed E-state index contributed by atoms with van der Waals surface area (Å²) in [5.74, 6) is 0.0172. The molecule has 0 unspecified atom stereocenters. The summed E-state index contributed by atoms with van der Waals surface area (Å²) < 4.78 is 24.1. The van der Waals surface area contributed by atoms with Gasteiger partial charge in [0.2, 0.25) is 5.76 Å². The summed E-state index contributed by atoms with van der Waals surface area (Å²) in [4.78, 5) is 12.8. The first kappa shape index (κ1) is 19.4. The summed E-state index contributed by atoms with van der Waals surface area (Å²) in [6, 6.07) is 22.5. The second-order valence-electron chi connectivity index (χ2n) is 6.51. The van der Waals surface area contributed by atoms with Crippen LogP contribution >= 0.6 is 0 Å². The van der Waals surface area contributed by atoms with Crippen molar-refractivity contribution < 1.29 is 18.4 Å². The topological polar surface area (TPSA) is 64.4 Å². The van der Waals surface area contributed by atoms with Crippen molar-refractivity contribution in [1.82, 2.24) is 5.16 Å². The maximum Gasteiger partial charge on any atom is 0.294 e. The van der Waals surface area contributed by atoms with Crippen molar-refractivity contribution in [2.45, 2.75) is 6.92 Å². The van der Waals surface area contributed by atoms with E-state index in [9.17, 15) is 9.18 Å². The molecule has 0 aliphatic rings. The molecule has 0 spiro atoms. The molecule has 3 aromatic carbocycles. The molecule has 0 bridgehead atoms. The van der Waals surface area contributed by atoms with Gasteiger partial charge in [-0.1, -0.05) is 41.6 Å². The van der Waals surface area contributed by atoms with Gasteiger partial charge in [-0.3, -0.25) is 4.79 Å². The van der Waals surface area contributed by atoms with Crippen LogP contribution in [-0.4, -0.2) is 17.7 Å². The second kappa shape index (κ2) is 8.61. The minimum atomic E-state index is -0.433. The van der Waals surface area contributed by atoms with Gasteiger partial charge in [0.1, 0.15) is 17.3 Å². The highest BCUT2D eigenvalue weighted by molar-refractivity contribution is 6.05. The highest BCUT2D eigenvalue weighted by atomic mass is 19.1. The lowest BCUT2D eigenvalue weighted by Crippen LogP contribution is -2.11. The van der Waals surface area contributed by atoms with E-state index in [-0.39, 0.29) is 11.6 Å². The number of halogens is 1. The molecule has 30 heavy (non-hydrogen) atoms. The molecule has 0 atom stereocenters. The molecule has 0 fully saturated rings. The fraction of sp³-hybridized carbons (Fsp3) is 0.0833. The molecule has 1 amide bonds. The predicted molar refractivity (Wildman–Crippen MR) is 113 cm³/mol. The zero-order chi connectivity index (χ0) is 20.9. The molecule has 0 radical (unpaired) electrons. The van der Waals surface area contributed by atoms with Gasteiger partial charge in [0.05, 0.1) is 6.61 Å². The van der Waals surface area contributed by atoms with Crippen molar-refractivity contribution in [3.63, 3.8) is 0 Å². The third-order valence-corrected chi connectivity index (χ3v) is 4.53. The number of benzene rings is 3. The maximum absolute atomic E-state index is 13.1. The average Bonchev–Trinajstić information content (AvgIpc) is 3.26. The quantitative estimate of drug-likeness (QED) is 0.443. The number of nitrogens with zero attached hydrogens (tertiary/aromatic N) is 1. The van der Waals surface area contributed by atoms with E-state index in [1.165, 1.54) is 18.2 Å². The van der Waals surface area contributed by atoms with E-state index in [0.717, 1.165) is 16.9 Å². The minimum Gasteiger partial charge on any atom is -0.493 e. The molecule has 4 rings (SSSR count). The Bertz CT molecular complexity index is 1170. The fourth-order valence-corrected chi connectivity index (χ4v) is 3.12. The highest BCUT2D eigenvalue weighted by Gasteiger charge is 2.17. The summed E-state index contributed by atoms with van der Waals surface area (Å²) in [6.07, 6.45) is 0. The smallest absolute Gasteiger partial charge is 0.294 e. The molecule has 0 saturated heterocycles. The zero-order valence-corrected chi connectivity index (χ0v) is 16.3. The number of carbonyl (C=O) groups is 1. The highest BCUT2D eigenvalue weighted by Crippen LogP contribution is 2.35. The van der Waals surface area contributed by atoms with Gasteiger partial charge in [0.25, 0.3) is 5.91 Å². The van der Waals surface area contributed by atoms with Crippen LogP contribution in [0.4, 0.5) is 10.1 Å². The molecular formula is C24H19FN2O3. The monoisotopic (exact) mass is 402 g/mol. The number of carbonyl (C=O) groups excluding carboxylic acids is 1. The van der Waals surface area contributed by atoms with Gasteiger partial charge in [0.15, 0.2) is 0 Å². The van der Waals surface area contributed by atoms with Crippen molar-refractivity contribution >= 4 is 11.6 Å². The number of nitrogens with one attached hydrogen (secondary N) is 1. The maximum atomic E-state index is 13.1. The van der Waals surface area contributed by atoms with Crippen LogP contribution in [0, 0.1) is 5.82 Å². The molecule has 150 valence electrons. The summed E-state index contributed by atoms with van der Waals surface area (Å²) in [5.41, 5.74) is 3.43. The Morgan fingerprint density at radius 2 is 1.70 bits per heavy atom. The van der Waals surface area contributed by atoms with Crippen molar-refractivity contribution in [1.29, 1.82) is 0 Å². The molecule has 4 aromatic rings. The summed E-state index contributed by atoms with van der Waals surface area (Å²) in [5, 5.41) is 6.80. The van der Waals surface area contributed by atoms with E-state index in [1.807, 2.05) is 55.5 Å². The predicted octanol–water partition coefficient (Wildman–Crippen LogP) is 5.80. The molecule has 1 heterocycles. The lowest BCUT2D eigenvalue weighted by atomic mass is 10.0. The number of amides is 1. The summed E-state index contributed by atoms with van der Waals surface area (Å²) in [6.45, 7) is 2.46. The third-order valence-electron chi connectivity index (χ3n) is 4.53. The lowest BCUT2D eigenvalue weighted by Gasteiger charge is -2.14. The Balaban J connectivity index is 1.60. The number of anilines is 1. The van der Waals surface area contributed by atoms with Crippen molar-refractivity contribution in [3.05, 3.63) is 90.4 Å². The third kappa shape index (κ3) is 4.07. The number of hydrogen-bond donors (Lipinski definition) is 1. The van der Waals surface area contributed by atoms with Gasteiger partial charge >= 0.3 is 0 Å². The first-order chi connectivity index (χ1) is 14.7. The van der Waals surface area contributed by atoms with Gasteiger partial charge in [-0.15, -0.1) is 0 Å². The second-order valence-corrected chi connectivity index (χ2v) is 6.51. The summed E-state index contributed by atoms with van der Waals surface area (Å²) >= 11 is 0. The first-order valence-corrected chi connectivity index (χ1v) is 9.51. The van der Waals surface area contributed by atoms with E-state index in [2.05, 4.69) is 10.5 Å². The minimum absolute atomic E-state index is 0.0576. The lowest BCUT2D eigenvalue weighted by molar-refractivity contribution is 0.0988. The Morgan fingerprint density at radius 1 is 1.00 bits per heavy atom. The van der Waals surface area contributed by atoms with Gasteiger partial charge in [-0.2, -0.15) is 0 Å². The van der Waals surface area contributed by atoms with Gasteiger partial charge in [-0.25, -0.2) is 4.39 Å². The standard InChI is InChI=1S/C24H19FN2O3/c1-2-29-22-10-6-4-8-19(22)18-7-3-5-9-20(18)26-24(28)23-15-21(27-30-23)16-11-13-17(25)14-12-16/h3-15H,2H2,1H3,(H,26,28). The van der Waals surface area contributed by atoms with Crippen LogP contribution in [-0.2, 0) is 0 Å². The molecule has 1 N–H and O–H groups in total. The number of aromatic nitrogens is 1. The fourth-order valence-electron chi connectivity index (χ4n) is 3.12. The normalized spacial score (nSPS) is 10.6. The van der Waals surface area contributed by atoms with E-state index in [0.29, 0.717) is 23.6 Å². The molecule has 0 aliphatic heterocycles. The van der Waals surface area contributed by atoms with Crippen LogP contribution in [0.2, 0.25) is 0 Å². The Labute approximate surface area is 173 Å². The molecule has 6 heteroatoms. The average molecular weight is 402 g/mol. The van der Waals surface area contributed by atoms with Crippen LogP contribution in [0.15, 0.2) is 83.4 Å².